The smallest absolute Gasteiger partial charge is 0.303 e. The Morgan fingerprint density at radius 3 is 1.43 bits per heavy atom. The first-order chi connectivity index (χ1) is 28.0. The number of unbranched alkanes of at least 4 members (excludes halogenated alkanes) is 25. The summed E-state index contributed by atoms with van der Waals surface area (Å²) in [5, 5.41) is 53.8. The molecule has 1 aliphatic heterocycles. The van der Waals surface area contributed by atoms with Gasteiger partial charge in [0.1, 0.15) is 24.2 Å². The maximum absolute atomic E-state index is 14.1. The Morgan fingerprint density at radius 2 is 1.03 bits per heavy atom. The molecule has 0 aromatic carbocycles. The lowest BCUT2D eigenvalue weighted by atomic mass is 9.80. The van der Waals surface area contributed by atoms with E-state index in [1.165, 1.54) is 114 Å². The fourth-order valence-electron chi connectivity index (χ4n) is 8.09. The van der Waals surface area contributed by atoms with Crippen molar-refractivity contribution >= 4 is 23.6 Å². The van der Waals surface area contributed by atoms with Gasteiger partial charge in [-0.05, 0) is 12.8 Å². The second-order valence-corrected chi connectivity index (χ2v) is 16.8. The maximum Gasteiger partial charge on any atom is 0.303 e. The number of ether oxygens (including phenoxy) is 1. The van der Waals surface area contributed by atoms with E-state index >= 15 is 0 Å². The van der Waals surface area contributed by atoms with Crippen LogP contribution in [0, 0.1) is 5.92 Å². The molecule has 1 aliphatic rings. The SMILES string of the molecule is CCCCCCCCCCCCCCCCCC(=O)N(CCCCCCCCCCCCCC)[C@]1(N)O[C@H](CO)[C@@H](O)[C@H](O)[C@H]1C(=O)[C@H](CO)NC(=O)CCC(=O)O. The minimum atomic E-state index is -2.33. The number of carbonyl (C=O) groups excluding carboxylic acids is 3. The number of aliphatic hydroxyl groups excluding tert-OH is 4. The van der Waals surface area contributed by atoms with E-state index in [1.54, 1.807) is 0 Å². The van der Waals surface area contributed by atoms with Gasteiger partial charge >= 0.3 is 5.97 Å². The van der Waals surface area contributed by atoms with Gasteiger partial charge in [-0.25, -0.2) is 0 Å². The average Bonchev–Trinajstić information content (AvgIpc) is 3.20. The van der Waals surface area contributed by atoms with Gasteiger partial charge in [0.05, 0.1) is 25.7 Å². The van der Waals surface area contributed by atoms with Crippen LogP contribution in [0.15, 0.2) is 0 Å². The monoisotopic (exact) mass is 828 g/mol. The van der Waals surface area contributed by atoms with Crippen LogP contribution in [0.25, 0.3) is 0 Å². The first-order valence-electron chi connectivity index (χ1n) is 23.4. The van der Waals surface area contributed by atoms with Gasteiger partial charge in [0.15, 0.2) is 5.78 Å². The summed E-state index contributed by atoms with van der Waals surface area (Å²) in [6.07, 6.45) is 24.8. The van der Waals surface area contributed by atoms with Gasteiger partial charge in [0.25, 0.3) is 0 Å². The fraction of sp³-hybridized carbons (Fsp3) is 0.911. The fourth-order valence-corrected chi connectivity index (χ4v) is 8.09. The molecule has 0 aliphatic carbocycles. The molecule has 1 saturated heterocycles. The molecule has 1 fully saturated rings. The van der Waals surface area contributed by atoms with E-state index in [2.05, 4.69) is 19.2 Å². The number of carboxylic acid groups (broad SMARTS) is 1. The average molecular weight is 828 g/mol. The van der Waals surface area contributed by atoms with Crippen LogP contribution in [0.5, 0.6) is 0 Å². The van der Waals surface area contributed by atoms with Crippen molar-refractivity contribution in [3.8, 4) is 0 Å². The van der Waals surface area contributed by atoms with E-state index in [1.807, 2.05) is 0 Å². The number of nitrogens with one attached hydrogen (secondary N) is 1. The van der Waals surface area contributed by atoms with Crippen LogP contribution in [-0.2, 0) is 23.9 Å². The minimum Gasteiger partial charge on any atom is -0.481 e. The van der Waals surface area contributed by atoms with Gasteiger partial charge < -0.3 is 40.5 Å². The zero-order chi connectivity index (χ0) is 43.0. The number of carbonyl (C=O) groups is 4. The summed E-state index contributed by atoms with van der Waals surface area (Å²) in [6.45, 7) is 2.87. The number of amides is 2. The van der Waals surface area contributed by atoms with E-state index in [0.29, 0.717) is 12.8 Å². The van der Waals surface area contributed by atoms with Gasteiger partial charge in [-0.3, -0.25) is 24.9 Å². The first kappa shape index (κ1) is 53.9. The number of carboxylic acids is 1. The van der Waals surface area contributed by atoms with Crippen LogP contribution in [0.3, 0.4) is 0 Å². The molecule has 1 rings (SSSR count). The van der Waals surface area contributed by atoms with E-state index in [4.69, 9.17) is 15.6 Å². The number of nitrogens with zero attached hydrogens (tertiary/aromatic N) is 1. The Kier molecular flexibility index (Phi) is 31.1. The maximum atomic E-state index is 14.1. The van der Waals surface area contributed by atoms with Crippen molar-refractivity contribution in [2.75, 3.05) is 19.8 Å². The number of Topliss-reactive ketones (excluding diaryl/α,β-unsaturated/α-hetero) is 1. The van der Waals surface area contributed by atoms with Gasteiger partial charge in [-0.15, -0.1) is 0 Å². The third-order valence-electron chi connectivity index (χ3n) is 11.7. The Balaban J connectivity index is 2.95. The van der Waals surface area contributed by atoms with Crippen LogP contribution in [0.2, 0.25) is 0 Å². The highest BCUT2D eigenvalue weighted by molar-refractivity contribution is 5.93. The second kappa shape index (κ2) is 33.5. The zero-order valence-electron chi connectivity index (χ0n) is 36.5. The highest BCUT2D eigenvalue weighted by atomic mass is 16.6. The van der Waals surface area contributed by atoms with E-state index in [-0.39, 0.29) is 13.0 Å². The van der Waals surface area contributed by atoms with E-state index < -0.39 is 85.7 Å². The van der Waals surface area contributed by atoms with Crippen molar-refractivity contribution in [1.82, 2.24) is 10.2 Å². The topological polar surface area (TPSA) is 220 Å². The summed E-state index contributed by atoms with van der Waals surface area (Å²) in [7, 11) is 0. The van der Waals surface area contributed by atoms with E-state index in [0.717, 1.165) is 51.4 Å². The highest BCUT2D eigenvalue weighted by Gasteiger charge is 2.59. The van der Waals surface area contributed by atoms with Crippen LogP contribution in [-0.4, -0.2) is 104 Å². The van der Waals surface area contributed by atoms with Crippen LogP contribution < -0.4 is 11.1 Å². The standard InChI is InChI=1S/C45H85N3O10/c1-3-5-7-9-11-13-15-17-18-19-20-22-24-26-28-30-39(52)48(33-29-27-25-23-21-16-14-12-10-8-6-4-2)45(46)41(44(57)43(56)37(35-50)58-45)42(55)36(34-49)47-38(51)31-32-40(53)54/h36-37,41,43-44,49-50,56-57H,3-35,46H2,1-2H3,(H,47,51)(H,53,54)/t36-,37+,41+,43+,44+,45-/m0/s1. The quantitative estimate of drug-likeness (QED) is 0.0247. The molecule has 0 radical (unpaired) electrons. The Hall–Kier alpha value is -2.16. The van der Waals surface area contributed by atoms with Gasteiger partial charge in [-0.2, -0.15) is 0 Å². The molecule has 0 saturated carbocycles. The Labute approximate surface area is 350 Å². The first-order valence-corrected chi connectivity index (χ1v) is 23.4. The van der Waals surface area contributed by atoms with Crippen molar-refractivity contribution in [1.29, 1.82) is 0 Å². The number of aliphatic hydroxyl groups is 4. The predicted octanol–water partition coefficient (Wildman–Crippen LogP) is 7.03. The molecule has 340 valence electrons. The molecule has 1 heterocycles. The molecule has 8 N–H and O–H groups in total. The second-order valence-electron chi connectivity index (χ2n) is 16.8. The molecule has 0 aromatic rings. The van der Waals surface area contributed by atoms with Gasteiger partial charge in [-0.1, -0.05) is 174 Å². The zero-order valence-corrected chi connectivity index (χ0v) is 36.5. The number of ketones is 1. The normalized spacial score (nSPS) is 21.2. The summed E-state index contributed by atoms with van der Waals surface area (Å²) in [4.78, 5) is 52.9. The van der Waals surface area contributed by atoms with Crippen molar-refractivity contribution < 1.29 is 49.4 Å². The lowest BCUT2D eigenvalue weighted by Gasteiger charge is -2.53. The molecule has 13 nitrogen and oxygen atoms in total. The van der Waals surface area contributed by atoms with Crippen molar-refractivity contribution in [3.63, 3.8) is 0 Å². The van der Waals surface area contributed by atoms with Crippen molar-refractivity contribution in [3.05, 3.63) is 0 Å². The number of rotatable bonds is 38. The van der Waals surface area contributed by atoms with Crippen LogP contribution >= 0.6 is 0 Å². The van der Waals surface area contributed by atoms with E-state index in [9.17, 15) is 39.6 Å². The number of aliphatic carboxylic acids is 1. The largest absolute Gasteiger partial charge is 0.481 e. The highest BCUT2D eigenvalue weighted by Crippen LogP contribution is 2.36. The molecule has 13 heteroatoms. The number of hydrogen-bond donors (Lipinski definition) is 7. The summed E-state index contributed by atoms with van der Waals surface area (Å²) >= 11 is 0. The molecule has 0 spiro atoms. The lowest BCUT2D eigenvalue weighted by Crippen LogP contribution is -2.76. The molecule has 0 unspecified atom stereocenters. The summed E-state index contributed by atoms with van der Waals surface area (Å²) in [5.41, 5.74) is 6.89. The molecule has 0 aromatic heterocycles. The molecular formula is C45H85N3O10. The molecule has 0 bridgehead atoms. The third-order valence-corrected chi connectivity index (χ3v) is 11.7. The number of nitrogens with two attached hydrogens (primary N) is 1. The Bertz CT molecular complexity index is 1100. The molecule has 6 atom stereocenters. The van der Waals surface area contributed by atoms with Crippen molar-refractivity contribution in [2.45, 2.75) is 237 Å². The third kappa shape index (κ3) is 21.9. The van der Waals surface area contributed by atoms with Gasteiger partial charge in [0, 0.05) is 19.4 Å². The molecule has 58 heavy (non-hydrogen) atoms. The Morgan fingerprint density at radius 1 is 0.621 bits per heavy atom. The van der Waals surface area contributed by atoms with Crippen LogP contribution in [0.1, 0.15) is 206 Å². The lowest BCUT2D eigenvalue weighted by molar-refractivity contribution is -0.292. The summed E-state index contributed by atoms with van der Waals surface area (Å²) in [6, 6.07) is -1.63. The minimum absolute atomic E-state index is 0.0883. The molecule has 2 amide bonds. The molecular weight excluding hydrogens is 743 g/mol. The summed E-state index contributed by atoms with van der Waals surface area (Å²) < 4.78 is 6.02. The predicted molar refractivity (Wildman–Crippen MR) is 228 cm³/mol. The van der Waals surface area contributed by atoms with Crippen molar-refractivity contribution in [2.24, 2.45) is 11.7 Å². The van der Waals surface area contributed by atoms with Gasteiger partial charge in [0.2, 0.25) is 17.7 Å². The van der Waals surface area contributed by atoms with Crippen LogP contribution in [0.4, 0.5) is 0 Å². The number of hydrogen-bond acceptors (Lipinski definition) is 10. The summed E-state index contributed by atoms with van der Waals surface area (Å²) in [5.74, 6) is -7.58.